The van der Waals surface area contributed by atoms with Crippen LogP contribution in [-0.4, -0.2) is 17.5 Å². The minimum Gasteiger partial charge on any atom is -0.363 e. The van der Waals surface area contributed by atoms with Gasteiger partial charge in [0.05, 0.1) is 4.92 Å². The lowest BCUT2D eigenvalue weighted by molar-refractivity contribution is -0.383. The normalized spacial score (nSPS) is 19.0. The molecular weight excluding hydrogens is 232 g/mol. The molecular formula is C12H18N4O2. The van der Waals surface area contributed by atoms with Crippen molar-refractivity contribution < 1.29 is 4.92 Å². The van der Waals surface area contributed by atoms with Gasteiger partial charge in [-0.25, -0.2) is 0 Å². The fourth-order valence-corrected chi connectivity index (χ4v) is 2.65. The van der Waals surface area contributed by atoms with E-state index in [0.29, 0.717) is 17.4 Å². The molecule has 0 aliphatic carbocycles. The average molecular weight is 250 g/mol. The highest BCUT2D eigenvalue weighted by molar-refractivity contribution is 5.77. The van der Waals surface area contributed by atoms with Crippen LogP contribution in [0.2, 0.25) is 0 Å². The molecule has 1 heterocycles. The molecule has 2 rings (SSSR count). The number of nitro benzene ring substituents is 1. The third kappa shape index (κ3) is 2.11. The van der Waals surface area contributed by atoms with Crippen LogP contribution >= 0.6 is 0 Å². The van der Waals surface area contributed by atoms with Crippen molar-refractivity contribution in [2.24, 2.45) is 5.84 Å². The maximum atomic E-state index is 11.2. The number of benzene rings is 1. The molecule has 1 fully saturated rings. The van der Waals surface area contributed by atoms with E-state index in [1.165, 1.54) is 0 Å². The summed E-state index contributed by atoms with van der Waals surface area (Å²) in [5.74, 6) is 5.35. The van der Waals surface area contributed by atoms with Crippen LogP contribution in [-0.2, 0) is 0 Å². The monoisotopic (exact) mass is 250 g/mol. The summed E-state index contributed by atoms with van der Waals surface area (Å²) in [6.45, 7) is 2.98. The molecule has 18 heavy (non-hydrogen) atoms. The lowest BCUT2D eigenvalue weighted by Crippen LogP contribution is -2.29. The third-order valence-electron chi connectivity index (χ3n) is 3.51. The number of hydrogen-bond donors (Lipinski definition) is 2. The van der Waals surface area contributed by atoms with E-state index in [9.17, 15) is 10.1 Å². The molecule has 1 aliphatic heterocycles. The summed E-state index contributed by atoms with van der Waals surface area (Å²) < 4.78 is 0. The summed E-state index contributed by atoms with van der Waals surface area (Å²) in [4.78, 5) is 13.0. The van der Waals surface area contributed by atoms with Crippen LogP contribution in [0.1, 0.15) is 26.2 Å². The van der Waals surface area contributed by atoms with Gasteiger partial charge in [-0.1, -0.05) is 13.0 Å². The average Bonchev–Trinajstić information content (AvgIpc) is 2.85. The van der Waals surface area contributed by atoms with Gasteiger partial charge in [-0.2, -0.15) is 0 Å². The van der Waals surface area contributed by atoms with Gasteiger partial charge in [-0.3, -0.25) is 16.0 Å². The summed E-state index contributed by atoms with van der Waals surface area (Å²) in [6, 6.07) is 5.60. The molecule has 0 saturated carbocycles. The summed E-state index contributed by atoms with van der Waals surface area (Å²) in [5.41, 5.74) is 3.50. The van der Waals surface area contributed by atoms with Gasteiger partial charge in [0.15, 0.2) is 0 Å². The van der Waals surface area contributed by atoms with Crippen molar-refractivity contribution in [2.45, 2.75) is 32.2 Å². The Labute approximate surface area is 106 Å². The van der Waals surface area contributed by atoms with Gasteiger partial charge < -0.3 is 10.3 Å². The summed E-state index contributed by atoms with van der Waals surface area (Å²) in [7, 11) is 0. The van der Waals surface area contributed by atoms with Crippen LogP contribution in [0.25, 0.3) is 0 Å². The van der Waals surface area contributed by atoms with Gasteiger partial charge >= 0.3 is 5.69 Å². The topological polar surface area (TPSA) is 84.4 Å². The molecule has 1 aromatic rings. The second-order valence-corrected chi connectivity index (χ2v) is 4.47. The fourth-order valence-electron chi connectivity index (χ4n) is 2.65. The first-order chi connectivity index (χ1) is 8.69. The lowest BCUT2D eigenvalue weighted by atomic mass is 10.1. The van der Waals surface area contributed by atoms with Crippen LogP contribution in [0.3, 0.4) is 0 Å². The van der Waals surface area contributed by atoms with Crippen molar-refractivity contribution in [2.75, 3.05) is 16.9 Å². The molecule has 1 unspecified atom stereocenters. The number of nitrogens with two attached hydrogens (primary N) is 1. The van der Waals surface area contributed by atoms with Gasteiger partial charge in [0, 0.05) is 12.6 Å². The van der Waals surface area contributed by atoms with Crippen molar-refractivity contribution in [3.05, 3.63) is 28.3 Å². The molecule has 0 spiro atoms. The van der Waals surface area contributed by atoms with E-state index in [1.807, 2.05) is 0 Å². The maximum Gasteiger partial charge on any atom is 0.316 e. The smallest absolute Gasteiger partial charge is 0.316 e. The summed E-state index contributed by atoms with van der Waals surface area (Å²) in [5, 5.41) is 11.2. The lowest BCUT2D eigenvalue weighted by Gasteiger charge is -2.26. The van der Waals surface area contributed by atoms with Crippen LogP contribution in [0.15, 0.2) is 18.2 Å². The molecule has 1 aromatic carbocycles. The van der Waals surface area contributed by atoms with Crippen molar-refractivity contribution in [3.63, 3.8) is 0 Å². The Kier molecular flexibility index (Phi) is 3.66. The summed E-state index contributed by atoms with van der Waals surface area (Å²) in [6.07, 6.45) is 3.17. The van der Waals surface area contributed by atoms with Crippen LogP contribution in [0, 0.1) is 10.1 Å². The Balaban J connectivity index is 2.46. The zero-order valence-electron chi connectivity index (χ0n) is 10.4. The molecule has 1 aliphatic rings. The predicted octanol–water partition coefficient (Wildman–Crippen LogP) is 2.26. The Morgan fingerprint density at radius 1 is 1.61 bits per heavy atom. The number of nitrogens with zero attached hydrogens (tertiary/aromatic N) is 2. The van der Waals surface area contributed by atoms with Gasteiger partial charge in [-0.05, 0) is 31.4 Å². The molecule has 6 heteroatoms. The van der Waals surface area contributed by atoms with Gasteiger partial charge in [0.25, 0.3) is 0 Å². The SMILES string of the molecule is CCC1CCCN1c1cccc(NN)c1[N+](=O)[O-]. The van der Waals surface area contributed by atoms with Crippen molar-refractivity contribution in [3.8, 4) is 0 Å². The third-order valence-corrected chi connectivity index (χ3v) is 3.51. The molecule has 6 nitrogen and oxygen atoms in total. The number of nitrogen functional groups attached to an aromatic ring is 1. The zero-order chi connectivity index (χ0) is 13.1. The number of nitrogens with one attached hydrogen (secondary N) is 1. The molecule has 0 radical (unpaired) electrons. The molecule has 98 valence electrons. The number of hydrogen-bond acceptors (Lipinski definition) is 5. The number of para-hydroxylation sites is 1. The highest BCUT2D eigenvalue weighted by Crippen LogP contribution is 2.38. The van der Waals surface area contributed by atoms with Crippen molar-refractivity contribution in [1.29, 1.82) is 0 Å². The molecule has 0 aromatic heterocycles. The van der Waals surface area contributed by atoms with Crippen molar-refractivity contribution in [1.82, 2.24) is 0 Å². The van der Waals surface area contributed by atoms with E-state index in [-0.39, 0.29) is 10.6 Å². The largest absolute Gasteiger partial charge is 0.363 e. The summed E-state index contributed by atoms with van der Waals surface area (Å²) >= 11 is 0. The Morgan fingerprint density at radius 3 is 3.00 bits per heavy atom. The quantitative estimate of drug-likeness (QED) is 0.486. The number of rotatable bonds is 4. The first kappa shape index (κ1) is 12.6. The van der Waals surface area contributed by atoms with E-state index in [0.717, 1.165) is 25.8 Å². The predicted molar refractivity (Wildman–Crippen MR) is 71.6 cm³/mol. The van der Waals surface area contributed by atoms with Crippen molar-refractivity contribution >= 4 is 17.1 Å². The van der Waals surface area contributed by atoms with E-state index < -0.39 is 0 Å². The second-order valence-electron chi connectivity index (χ2n) is 4.47. The highest BCUT2D eigenvalue weighted by atomic mass is 16.6. The molecule has 1 saturated heterocycles. The molecule has 1 atom stereocenters. The van der Waals surface area contributed by atoms with E-state index in [4.69, 9.17) is 5.84 Å². The Bertz CT molecular complexity index is 450. The zero-order valence-corrected chi connectivity index (χ0v) is 10.4. The molecule has 3 N–H and O–H groups in total. The second kappa shape index (κ2) is 5.22. The maximum absolute atomic E-state index is 11.2. The van der Waals surface area contributed by atoms with Crippen LogP contribution < -0.4 is 16.2 Å². The first-order valence-corrected chi connectivity index (χ1v) is 6.19. The number of anilines is 2. The first-order valence-electron chi connectivity index (χ1n) is 6.19. The standard InChI is InChI=1S/C12H18N4O2/c1-2-9-5-4-8-15(9)11-7-3-6-10(14-13)12(11)16(17)18/h3,6-7,9,14H,2,4-5,8,13H2,1H3. The number of nitro groups is 1. The van der Waals surface area contributed by atoms with E-state index in [2.05, 4.69) is 17.2 Å². The van der Waals surface area contributed by atoms with Gasteiger partial charge in [-0.15, -0.1) is 0 Å². The fraction of sp³-hybridized carbons (Fsp3) is 0.500. The van der Waals surface area contributed by atoms with E-state index in [1.54, 1.807) is 18.2 Å². The van der Waals surface area contributed by atoms with Gasteiger partial charge in [0.2, 0.25) is 0 Å². The molecule has 0 bridgehead atoms. The highest BCUT2D eigenvalue weighted by Gasteiger charge is 2.30. The molecule has 0 amide bonds. The Morgan fingerprint density at radius 2 is 2.39 bits per heavy atom. The van der Waals surface area contributed by atoms with Crippen LogP contribution in [0.5, 0.6) is 0 Å². The number of hydrazine groups is 1. The minimum atomic E-state index is -0.366. The minimum absolute atomic E-state index is 0.0698. The van der Waals surface area contributed by atoms with Crippen LogP contribution in [0.4, 0.5) is 17.1 Å². The Hall–Kier alpha value is -1.82. The van der Waals surface area contributed by atoms with E-state index >= 15 is 0 Å². The van der Waals surface area contributed by atoms with Gasteiger partial charge in [0.1, 0.15) is 11.4 Å².